The molecular weight excluding hydrogens is 482 g/mol. The molecule has 4 aliphatic carbocycles. The van der Waals surface area contributed by atoms with Gasteiger partial charge in [0.1, 0.15) is 5.78 Å². The molecule has 6 aliphatic rings. The first-order chi connectivity index (χ1) is 17.2. The minimum Gasteiger partial charge on any atom is -0.379 e. The van der Waals surface area contributed by atoms with Crippen LogP contribution in [0.1, 0.15) is 58.5 Å². The maximum Gasteiger partial charge on any atom is 0.263 e. The Morgan fingerprint density at radius 1 is 0.972 bits per heavy atom. The van der Waals surface area contributed by atoms with Crippen molar-refractivity contribution in [3.8, 4) is 0 Å². The number of fused-ring (bicyclic) bond motifs is 3. The zero-order valence-electron chi connectivity index (χ0n) is 20.0. The number of hydrogen-bond donors (Lipinski definition) is 0. The monoisotopic (exact) mass is 509 g/mol. The number of sulfonamides is 1. The molecule has 2 amide bonds. The Morgan fingerprint density at radius 3 is 2.33 bits per heavy atom. The summed E-state index contributed by atoms with van der Waals surface area (Å²) < 4.78 is 33.3. The number of ketones is 1. The second kappa shape index (κ2) is 7.43. The van der Waals surface area contributed by atoms with E-state index in [1.807, 2.05) is 0 Å². The quantitative estimate of drug-likeness (QED) is 0.584. The van der Waals surface area contributed by atoms with Crippen LogP contribution in [-0.2, 0) is 19.6 Å². The van der Waals surface area contributed by atoms with E-state index in [1.54, 1.807) is 13.0 Å². The van der Waals surface area contributed by atoms with Gasteiger partial charge in [0.25, 0.3) is 11.8 Å². The topological polar surface area (TPSA) is 114 Å². The maximum absolute atomic E-state index is 14.0. The van der Waals surface area contributed by atoms with Gasteiger partial charge in [-0.2, -0.15) is 4.31 Å². The molecule has 2 aromatic rings. The largest absolute Gasteiger partial charge is 0.379 e. The number of imide groups is 1. The van der Waals surface area contributed by atoms with E-state index in [0.29, 0.717) is 54.4 Å². The molecule has 4 atom stereocenters. The molecule has 188 valence electrons. The fourth-order valence-electron chi connectivity index (χ4n) is 7.67. The van der Waals surface area contributed by atoms with Crippen LogP contribution in [0, 0.1) is 24.7 Å². The predicted octanol–water partition coefficient (Wildman–Crippen LogP) is 2.31. The zero-order chi connectivity index (χ0) is 25.0. The van der Waals surface area contributed by atoms with Gasteiger partial charge in [-0.05, 0) is 63.1 Å². The van der Waals surface area contributed by atoms with Crippen molar-refractivity contribution in [2.45, 2.75) is 49.5 Å². The van der Waals surface area contributed by atoms with Crippen LogP contribution in [0.25, 0.3) is 10.9 Å². The first kappa shape index (κ1) is 22.5. The van der Waals surface area contributed by atoms with Crippen LogP contribution >= 0.6 is 0 Å². The van der Waals surface area contributed by atoms with E-state index in [0.717, 1.165) is 19.3 Å². The molecule has 0 N–H and O–H groups in total. The van der Waals surface area contributed by atoms with Crippen molar-refractivity contribution in [3.05, 3.63) is 35.0 Å². The van der Waals surface area contributed by atoms with Crippen LogP contribution in [0.2, 0.25) is 0 Å². The molecule has 36 heavy (non-hydrogen) atoms. The van der Waals surface area contributed by atoms with Gasteiger partial charge < -0.3 is 4.74 Å². The number of carbonyl (C=O) groups excluding carboxylic acids is 3. The van der Waals surface area contributed by atoms with Crippen molar-refractivity contribution in [3.63, 3.8) is 0 Å². The third-order valence-electron chi connectivity index (χ3n) is 9.02. The molecule has 9 nitrogen and oxygen atoms in total. The number of morpholine rings is 1. The van der Waals surface area contributed by atoms with Crippen LogP contribution in [0.5, 0.6) is 0 Å². The lowest BCUT2D eigenvalue weighted by molar-refractivity contribution is -0.146. The normalized spacial score (nSPS) is 32.1. The van der Waals surface area contributed by atoms with E-state index in [-0.39, 0.29) is 52.8 Å². The first-order valence-electron chi connectivity index (χ1n) is 12.6. The van der Waals surface area contributed by atoms with Gasteiger partial charge in [0.15, 0.2) is 0 Å². The summed E-state index contributed by atoms with van der Waals surface area (Å²) in [5, 5.41) is 0.381. The number of aromatic nitrogens is 1. The molecule has 1 saturated heterocycles. The Bertz CT molecular complexity index is 1460. The lowest BCUT2D eigenvalue weighted by Gasteiger charge is -2.58. The molecule has 5 fully saturated rings. The highest BCUT2D eigenvalue weighted by Crippen LogP contribution is 2.57. The van der Waals surface area contributed by atoms with Gasteiger partial charge in [0.2, 0.25) is 10.0 Å². The Balaban J connectivity index is 1.35. The number of Topliss-reactive ketones (excluding diaryl/α,β-unsaturated/α-hetero) is 1. The summed E-state index contributed by atoms with van der Waals surface area (Å²) in [4.78, 5) is 46.7. The number of nitrogens with zero attached hydrogens (tertiary/aromatic N) is 3. The van der Waals surface area contributed by atoms with Crippen molar-refractivity contribution in [1.82, 2.24) is 14.2 Å². The molecule has 2 aliphatic heterocycles. The molecule has 4 saturated carbocycles. The minimum atomic E-state index is -3.79. The predicted molar refractivity (Wildman–Crippen MR) is 128 cm³/mol. The summed E-state index contributed by atoms with van der Waals surface area (Å²) in [5.74, 6) is -0.271. The number of pyridine rings is 1. The van der Waals surface area contributed by atoms with E-state index < -0.39 is 15.6 Å². The van der Waals surface area contributed by atoms with Crippen molar-refractivity contribution < 1.29 is 27.5 Å². The summed E-state index contributed by atoms with van der Waals surface area (Å²) in [7, 11) is -3.79. The van der Waals surface area contributed by atoms with Gasteiger partial charge in [0.05, 0.1) is 46.0 Å². The van der Waals surface area contributed by atoms with E-state index in [1.165, 1.54) is 21.3 Å². The van der Waals surface area contributed by atoms with Crippen molar-refractivity contribution in [1.29, 1.82) is 0 Å². The van der Waals surface area contributed by atoms with Crippen LogP contribution in [-0.4, -0.2) is 72.0 Å². The Hall–Kier alpha value is -2.69. The SMILES string of the molecule is Cc1nc2ccc(S(=O)(=O)N3CCOCC3)cc2c2c1C(=O)N(C13CC4C[C@H](C1)C(=O)[C@@H](C4)C3)C2=O. The van der Waals surface area contributed by atoms with Crippen molar-refractivity contribution in [2.75, 3.05) is 26.3 Å². The number of amides is 2. The van der Waals surface area contributed by atoms with Crippen LogP contribution in [0.3, 0.4) is 0 Å². The van der Waals surface area contributed by atoms with Gasteiger partial charge in [0, 0.05) is 30.3 Å². The highest BCUT2D eigenvalue weighted by Gasteiger charge is 2.61. The minimum absolute atomic E-state index is 0.0730. The number of carbonyl (C=O) groups is 3. The summed E-state index contributed by atoms with van der Waals surface area (Å²) in [6.07, 6.45) is 3.51. The lowest BCUT2D eigenvalue weighted by Crippen LogP contribution is -2.64. The average molecular weight is 510 g/mol. The molecule has 3 heterocycles. The standard InChI is InChI=1S/C26H27N3O6S/c1-14-21-22(19-10-18(2-3-20(19)27-14)36(33,34)28-4-6-35-7-5-28)25(32)29(24(21)31)26-11-15-8-16(12-26)23(30)17(9-15)13-26/h2-3,10,15-17H,4-9,11-13H2,1H3/t15?,16-,17+,26?. The fourth-order valence-corrected chi connectivity index (χ4v) is 9.11. The number of benzene rings is 1. The number of aryl methyl sites for hydroxylation is 1. The number of rotatable bonds is 3. The van der Waals surface area contributed by atoms with Crippen LogP contribution in [0.4, 0.5) is 0 Å². The molecule has 1 aromatic heterocycles. The molecule has 2 unspecified atom stereocenters. The second-order valence-corrected chi connectivity index (χ2v) is 13.0. The Morgan fingerprint density at radius 2 is 1.64 bits per heavy atom. The van der Waals surface area contributed by atoms with E-state index in [9.17, 15) is 22.8 Å². The molecule has 1 aromatic carbocycles. The van der Waals surface area contributed by atoms with Crippen LogP contribution in [0.15, 0.2) is 23.1 Å². The average Bonchev–Trinajstić information content (AvgIpc) is 3.13. The third-order valence-corrected chi connectivity index (χ3v) is 10.9. The highest BCUT2D eigenvalue weighted by atomic mass is 32.2. The lowest BCUT2D eigenvalue weighted by atomic mass is 9.52. The van der Waals surface area contributed by atoms with Crippen molar-refractivity contribution >= 4 is 38.5 Å². The Kier molecular flexibility index (Phi) is 4.64. The first-order valence-corrected chi connectivity index (χ1v) is 14.1. The maximum atomic E-state index is 14.0. The molecule has 4 bridgehead atoms. The van der Waals surface area contributed by atoms with Gasteiger partial charge in [-0.25, -0.2) is 8.42 Å². The highest BCUT2D eigenvalue weighted by molar-refractivity contribution is 7.89. The van der Waals surface area contributed by atoms with Gasteiger partial charge in [-0.1, -0.05) is 0 Å². The van der Waals surface area contributed by atoms with E-state index in [2.05, 4.69) is 4.98 Å². The van der Waals surface area contributed by atoms with Crippen LogP contribution < -0.4 is 0 Å². The molecule has 10 heteroatoms. The van der Waals surface area contributed by atoms with Crippen molar-refractivity contribution in [2.24, 2.45) is 17.8 Å². The molecular formula is C26H27N3O6S. The second-order valence-electron chi connectivity index (χ2n) is 11.1. The van der Waals surface area contributed by atoms with Gasteiger partial charge in [-0.3, -0.25) is 24.3 Å². The smallest absolute Gasteiger partial charge is 0.263 e. The molecule has 0 spiro atoms. The summed E-state index contributed by atoms with van der Waals surface area (Å²) in [6.45, 7) is 2.91. The summed E-state index contributed by atoms with van der Waals surface area (Å²) >= 11 is 0. The molecule has 8 rings (SSSR count). The Labute approximate surface area is 208 Å². The van der Waals surface area contributed by atoms with E-state index in [4.69, 9.17) is 4.74 Å². The third kappa shape index (κ3) is 2.92. The molecule has 0 radical (unpaired) electrons. The summed E-state index contributed by atoms with van der Waals surface area (Å²) in [6, 6.07) is 4.61. The number of ether oxygens (including phenoxy) is 1. The van der Waals surface area contributed by atoms with Gasteiger partial charge >= 0.3 is 0 Å². The van der Waals surface area contributed by atoms with E-state index >= 15 is 0 Å². The zero-order valence-corrected chi connectivity index (χ0v) is 20.8. The fraction of sp³-hybridized carbons (Fsp3) is 0.538. The number of hydrogen-bond acceptors (Lipinski definition) is 7. The van der Waals surface area contributed by atoms with Gasteiger partial charge in [-0.15, -0.1) is 0 Å². The summed E-state index contributed by atoms with van der Waals surface area (Å²) in [5.41, 5.74) is 0.798.